The van der Waals surface area contributed by atoms with Gasteiger partial charge in [0.05, 0.1) is 11.0 Å². The summed E-state index contributed by atoms with van der Waals surface area (Å²) in [5, 5.41) is 26.5. The third-order valence-corrected chi connectivity index (χ3v) is 9.21. The summed E-state index contributed by atoms with van der Waals surface area (Å²) in [7, 11) is 0. The molecule has 7 heteroatoms. The van der Waals surface area contributed by atoms with E-state index >= 15 is 0 Å². The number of urea groups is 1. The monoisotopic (exact) mass is 490 g/mol. The molecule has 0 heterocycles. The standard InChI is InChI=1S/C27H39ClN2O4/c1-15(2)20(11-31)25(6,29-23(34)30-27-12-26(13-27,14-27)22(32)33)16-7-8-17(21(28)9-16)18-10-19(18)24(3,4)5/h7-9,15,18-20,31H,10-14H2,1-6H3,(H,32,33)(H2,29,30,34)/t18-,19+,20?,25-,26?,27?/m0/s1. The molecule has 1 aromatic rings. The predicted molar refractivity (Wildman–Crippen MR) is 133 cm³/mol. The van der Waals surface area contributed by atoms with Crippen molar-refractivity contribution in [3.8, 4) is 0 Å². The fourth-order valence-electron chi connectivity index (χ4n) is 6.74. The largest absolute Gasteiger partial charge is 0.481 e. The number of carbonyl (C=O) groups excluding carboxylic acids is 1. The van der Waals surface area contributed by atoms with Crippen LogP contribution in [0, 0.1) is 28.6 Å². The number of amides is 2. The summed E-state index contributed by atoms with van der Waals surface area (Å²) in [6.45, 7) is 12.7. The Hall–Kier alpha value is -1.79. The zero-order chi connectivity index (χ0) is 25.3. The van der Waals surface area contributed by atoms with Crippen molar-refractivity contribution >= 4 is 23.6 Å². The molecule has 4 aliphatic carbocycles. The first kappa shape index (κ1) is 25.3. The number of aliphatic hydroxyl groups is 1. The highest BCUT2D eigenvalue weighted by atomic mass is 35.5. The molecule has 2 amide bonds. The topological polar surface area (TPSA) is 98.7 Å². The maximum Gasteiger partial charge on any atom is 0.315 e. The molecule has 0 aliphatic heterocycles. The Kier molecular flexibility index (Phi) is 6.05. The van der Waals surface area contributed by atoms with E-state index < -0.39 is 22.5 Å². The number of aliphatic hydroxyl groups excluding tert-OH is 1. The minimum Gasteiger partial charge on any atom is -0.481 e. The normalized spacial score (nSPS) is 32.1. The van der Waals surface area contributed by atoms with Crippen molar-refractivity contribution in [1.82, 2.24) is 10.6 Å². The van der Waals surface area contributed by atoms with E-state index in [9.17, 15) is 19.8 Å². The van der Waals surface area contributed by atoms with E-state index in [0.29, 0.717) is 36.1 Å². The van der Waals surface area contributed by atoms with Gasteiger partial charge in [0.25, 0.3) is 0 Å². The molecular formula is C27H39ClN2O4. The summed E-state index contributed by atoms with van der Waals surface area (Å²) in [5.74, 6) is 0.151. The molecule has 4 fully saturated rings. The number of carboxylic acids is 1. The molecule has 5 rings (SSSR count). The maximum atomic E-state index is 13.1. The van der Waals surface area contributed by atoms with Crippen LogP contribution in [0.4, 0.5) is 4.79 Å². The van der Waals surface area contributed by atoms with E-state index in [1.807, 2.05) is 32.9 Å². The summed E-state index contributed by atoms with van der Waals surface area (Å²) in [5.41, 5.74) is 0.314. The molecule has 4 aliphatic rings. The predicted octanol–water partition coefficient (Wildman–Crippen LogP) is 5.28. The highest BCUT2D eigenvalue weighted by Gasteiger charge is 2.72. The summed E-state index contributed by atoms with van der Waals surface area (Å²) < 4.78 is 0. The number of rotatable bonds is 8. The smallest absolute Gasteiger partial charge is 0.315 e. The van der Waals surface area contributed by atoms with Gasteiger partial charge >= 0.3 is 12.0 Å². The Morgan fingerprint density at radius 3 is 2.24 bits per heavy atom. The molecule has 4 saturated carbocycles. The van der Waals surface area contributed by atoms with Crippen molar-refractivity contribution in [2.75, 3.05) is 6.61 Å². The van der Waals surface area contributed by atoms with Gasteiger partial charge in [-0.25, -0.2) is 4.79 Å². The Balaban J connectivity index is 1.55. The van der Waals surface area contributed by atoms with Crippen LogP contribution in [0.15, 0.2) is 18.2 Å². The SMILES string of the molecule is CC(C)C(CO)[C@@](C)(NC(=O)NC12CC(C(=O)O)(C1)C2)c1ccc([C@@H]2C[C@H]2C(C)(C)C)c(Cl)c1. The van der Waals surface area contributed by atoms with Gasteiger partial charge in [-0.1, -0.05) is 58.4 Å². The highest BCUT2D eigenvalue weighted by Crippen LogP contribution is 2.67. The zero-order valence-electron chi connectivity index (χ0n) is 21.2. The van der Waals surface area contributed by atoms with Crippen LogP contribution in [-0.4, -0.2) is 34.4 Å². The van der Waals surface area contributed by atoms with Crippen LogP contribution in [0.5, 0.6) is 0 Å². The molecule has 0 saturated heterocycles. The van der Waals surface area contributed by atoms with Crippen molar-refractivity contribution in [3.63, 3.8) is 0 Å². The van der Waals surface area contributed by atoms with E-state index in [2.05, 4.69) is 37.5 Å². The molecule has 2 bridgehead atoms. The van der Waals surface area contributed by atoms with E-state index in [1.165, 1.54) is 0 Å². The first-order chi connectivity index (χ1) is 15.7. The maximum absolute atomic E-state index is 13.1. The van der Waals surface area contributed by atoms with E-state index in [4.69, 9.17) is 11.6 Å². The summed E-state index contributed by atoms with van der Waals surface area (Å²) >= 11 is 6.79. The second-order valence-electron chi connectivity index (χ2n) is 12.8. The lowest BCUT2D eigenvalue weighted by Gasteiger charge is -2.67. The summed E-state index contributed by atoms with van der Waals surface area (Å²) in [4.78, 5) is 24.5. The molecule has 4 atom stereocenters. The molecule has 0 radical (unpaired) electrons. The number of aliphatic carboxylic acids is 1. The van der Waals surface area contributed by atoms with Crippen molar-refractivity contribution in [2.24, 2.45) is 28.6 Å². The molecular weight excluding hydrogens is 452 g/mol. The third-order valence-electron chi connectivity index (χ3n) is 8.88. The lowest BCUT2D eigenvalue weighted by atomic mass is 9.39. The number of halogens is 1. The van der Waals surface area contributed by atoms with Crippen molar-refractivity contribution in [1.29, 1.82) is 0 Å². The molecule has 188 valence electrons. The van der Waals surface area contributed by atoms with Gasteiger partial charge in [0.15, 0.2) is 0 Å². The van der Waals surface area contributed by atoms with E-state index in [0.717, 1.165) is 17.5 Å². The number of carbonyl (C=O) groups is 2. The van der Waals surface area contributed by atoms with Gasteiger partial charge in [0, 0.05) is 23.1 Å². The highest BCUT2D eigenvalue weighted by molar-refractivity contribution is 6.31. The second kappa shape index (κ2) is 8.12. The van der Waals surface area contributed by atoms with Crippen LogP contribution in [0.3, 0.4) is 0 Å². The van der Waals surface area contributed by atoms with Gasteiger partial charge < -0.3 is 20.8 Å². The molecule has 6 nitrogen and oxygen atoms in total. The number of hydrogen-bond acceptors (Lipinski definition) is 3. The molecule has 0 aromatic heterocycles. The molecule has 0 spiro atoms. The van der Waals surface area contributed by atoms with Crippen molar-refractivity contribution in [2.45, 2.75) is 84.2 Å². The number of nitrogens with one attached hydrogen (secondary N) is 2. The Morgan fingerprint density at radius 2 is 1.79 bits per heavy atom. The Morgan fingerprint density at radius 1 is 1.18 bits per heavy atom. The molecule has 1 unspecified atom stereocenters. The van der Waals surface area contributed by atoms with Crippen molar-refractivity contribution < 1.29 is 19.8 Å². The van der Waals surface area contributed by atoms with Crippen LogP contribution in [-0.2, 0) is 10.3 Å². The van der Waals surface area contributed by atoms with E-state index in [-0.39, 0.29) is 29.9 Å². The number of benzene rings is 1. The molecule has 4 N–H and O–H groups in total. The first-order valence-corrected chi connectivity index (χ1v) is 12.8. The number of hydrogen-bond donors (Lipinski definition) is 4. The average Bonchev–Trinajstić information content (AvgIpc) is 3.44. The van der Waals surface area contributed by atoms with Crippen LogP contribution in [0.1, 0.15) is 84.3 Å². The summed E-state index contributed by atoms with van der Waals surface area (Å²) in [6, 6.07) is 5.72. The van der Waals surface area contributed by atoms with Gasteiger partial charge in [-0.2, -0.15) is 0 Å². The first-order valence-electron chi connectivity index (χ1n) is 12.4. The van der Waals surface area contributed by atoms with Crippen LogP contribution in [0.2, 0.25) is 5.02 Å². The van der Waals surface area contributed by atoms with Crippen LogP contribution >= 0.6 is 11.6 Å². The molecule has 34 heavy (non-hydrogen) atoms. The quantitative estimate of drug-likeness (QED) is 0.398. The second-order valence-corrected chi connectivity index (χ2v) is 13.2. The Bertz CT molecular complexity index is 981. The lowest BCUT2D eigenvalue weighted by molar-refractivity contribution is -0.196. The minimum atomic E-state index is -0.851. The molecule has 1 aromatic carbocycles. The van der Waals surface area contributed by atoms with Gasteiger partial charge in [0.2, 0.25) is 0 Å². The fourth-order valence-corrected chi connectivity index (χ4v) is 7.06. The number of carboxylic acid groups (broad SMARTS) is 1. The van der Waals surface area contributed by atoms with Gasteiger partial charge in [-0.3, -0.25) is 4.79 Å². The summed E-state index contributed by atoms with van der Waals surface area (Å²) in [6.07, 6.45) is 2.56. The average molecular weight is 491 g/mol. The third kappa shape index (κ3) is 4.11. The van der Waals surface area contributed by atoms with Gasteiger partial charge in [-0.15, -0.1) is 0 Å². The minimum absolute atomic E-state index is 0.0875. The fraction of sp³-hybridized carbons (Fsp3) is 0.704. The van der Waals surface area contributed by atoms with Gasteiger partial charge in [0.1, 0.15) is 0 Å². The van der Waals surface area contributed by atoms with Gasteiger partial charge in [-0.05, 0) is 73.0 Å². The Labute approximate surface area is 207 Å². The van der Waals surface area contributed by atoms with Crippen molar-refractivity contribution in [3.05, 3.63) is 34.3 Å². The lowest BCUT2D eigenvalue weighted by Crippen LogP contribution is -2.78. The van der Waals surface area contributed by atoms with Crippen LogP contribution in [0.25, 0.3) is 0 Å². The zero-order valence-corrected chi connectivity index (χ0v) is 21.9. The van der Waals surface area contributed by atoms with E-state index in [1.54, 1.807) is 0 Å². The van der Waals surface area contributed by atoms with Crippen LogP contribution < -0.4 is 10.6 Å².